The first-order valence-electron chi connectivity index (χ1n) is 15.6. The number of hydrogen-bond acceptors (Lipinski definition) is 5. The Kier molecular flexibility index (Phi) is 6.32. The molecular formula is C38H31ClN2O5. The molecule has 7 nitrogen and oxygen atoms in total. The Labute approximate surface area is 271 Å². The van der Waals surface area contributed by atoms with E-state index in [1.165, 1.54) is 9.80 Å². The Morgan fingerprint density at radius 1 is 0.804 bits per heavy atom. The lowest BCUT2D eigenvalue weighted by Gasteiger charge is -2.49. The number of aryl methyl sites for hydroxylation is 1. The summed E-state index contributed by atoms with van der Waals surface area (Å²) in [4.78, 5) is 59.8. The van der Waals surface area contributed by atoms with E-state index in [-0.39, 0.29) is 35.8 Å². The molecule has 4 amide bonds. The first kappa shape index (κ1) is 28.7. The van der Waals surface area contributed by atoms with Crippen LogP contribution in [0.2, 0.25) is 5.02 Å². The summed E-state index contributed by atoms with van der Waals surface area (Å²) in [5.74, 6) is -4.56. The number of fused-ring (bicyclic) bond motifs is 5. The van der Waals surface area contributed by atoms with E-state index in [4.69, 9.17) is 11.6 Å². The number of phenols is 1. The summed E-state index contributed by atoms with van der Waals surface area (Å²) in [5.41, 5.74) is 1.89. The largest absolute Gasteiger partial charge is 0.508 e. The molecule has 2 heterocycles. The first-order chi connectivity index (χ1) is 22.1. The van der Waals surface area contributed by atoms with Crippen LogP contribution in [0.15, 0.2) is 96.6 Å². The van der Waals surface area contributed by atoms with Gasteiger partial charge in [-0.15, -0.1) is 0 Å². The lowest BCUT2D eigenvalue weighted by atomic mass is 9.51. The highest BCUT2D eigenvalue weighted by Gasteiger charge is 2.68. The Hall–Kier alpha value is -4.75. The van der Waals surface area contributed by atoms with Crippen LogP contribution in [0.25, 0.3) is 10.8 Å². The van der Waals surface area contributed by atoms with Gasteiger partial charge in [-0.05, 0) is 79.3 Å². The van der Waals surface area contributed by atoms with Crippen molar-refractivity contribution in [3.8, 4) is 5.75 Å². The molecule has 2 saturated heterocycles. The lowest BCUT2D eigenvalue weighted by molar-refractivity contribution is -0.131. The van der Waals surface area contributed by atoms with Gasteiger partial charge in [0.25, 0.3) is 0 Å². The highest BCUT2D eigenvalue weighted by atomic mass is 35.5. The maximum absolute atomic E-state index is 14.7. The van der Waals surface area contributed by atoms with E-state index in [0.29, 0.717) is 28.4 Å². The van der Waals surface area contributed by atoms with E-state index in [0.717, 1.165) is 21.9 Å². The third-order valence-electron chi connectivity index (χ3n) is 10.9. The van der Waals surface area contributed by atoms with Gasteiger partial charge in [-0.3, -0.25) is 19.2 Å². The molecule has 3 fully saturated rings. The van der Waals surface area contributed by atoms with E-state index >= 15 is 0 Å². The van der Waals surface area contributed by atoms with Crippen LogP contribution < -0.4 is 9.80 Å². The number of benzene rings is 4. The number of nitrogens with zero attached hydrogens (tertiary/aromatic N) is 2. The van der Waals surface area contributed by atoms with Crippen molar-refractivity contribution < 1.29 is 24.3 Å². The number of rotatable bonds is 3. The molecule has 8 heteroatoms. The van der Waals surface area contributed by atoms with E-state index in [9.17, 15) is 24.3 Å². The maximum Gasteiger partial charge on any atom is 0.241 e. The summed E-state index contributed by atoms with van der Waals surface area (Å²) in [6.45, 7) is 3.69. The maximum atomic E-state index is 14.7. The number of halogens is 1. The minimum atomic E-state index is -1.25. The van der Waals surface area contributed by atoms with Gasteiger partial charge in [0.2, 0.25) is 23.6 Å². The minimum Gasteiger partial charge on any atom is -0.508 e. The van der Waals surface area contributed by atoms with Crippen LogP contribution in [0.5, 0.6) is 5.75 Å². The van der Waals surface area contributed by atoms with Crippen molar-refractivity contribution in [1.29, 1.82) is 0 Å². The number of aromatic hydroxyl groups is 1. The summed E-state index contributed by atoms with van der Waals surface area (Å²) in [6.07, 6.45) is 2.55. The standard InChI is InChI=1S/C38H31ClN2O5/c1-20-12-14-23(18-29(20)39)40-34(43)26-16-15-25-27(31(26)36(40)45)19-28-35(44)41(22-9-4-3-5-10-22)37(46)38(28,2)33(25)32-24-11-7-6-8-21(24)13-17-30(32)42/h3-15,17-18,26-28,31,33,42H,16,19H2,1-2H3. The molecule has 1 saturated carbocycles. The second-order valence-electron chi connectivity index (χ2n) is 13.2. The Morgan fingerprint density at radius 3 is 2.30 bits per heavy atom. The molecule has 4 aromatic carbocycles. The average molecular weight is 631 g/mol. The van der Waals surface area contributed by atoms with Crippen molar-refractivity contribution in [1.82, 2.24) is 0 Å². The van der Waals surface area contributed by atoms with Crippen LogP contribution in [-0.2, 0) is 19.2 Å². The van der Waals surface area contributed by atoms with Crippen molar-refractivity contribution in [2.24, 2.45) is 29.1 Å². The number of carbonyl (C=O) groups excluding carboxylic acids is 4. The Bertz CT molecular complexity index is 2040. The van der Waals surface area contributed by atoms with Crippen molar-refractivity contribution in [2.75, 3.05) is 9.80 Å². The Balaban J connectivity index is 1.32. The molecule has 0 spiro atoms. The van der Waals surface area contributed by atoms with Gasteiger partial charge in [0.15, 0.2) is 0 Å². The monoisotopic (exact) mass is 630 g/mol. The van der Waals surface area contributed by atoms with Crippen LogP contribution in [0.1, 0.15) is 36.8 Å². The third-order valence-corrected chi connectivity index (χ3v) is 11.3. The van der Waals surface area contributed by atoms with E-state index in [2.05, 4.69) is 0 Å². The second-order valence-corrected chi connectivity index (χ2v) is 13.6. The fraction of sp³-hybridized carbons (Fsp3) is 0.263. The van der Waals surface area contributed by atoms with Crippen LogP contribution in [-0.4, -0.2) is 28.7 Å². The zero-order valence-electron chi connectivity index (χ0n) is 25.3. The van der Waals surface area contributed by atoms with E-state index in [1.807, 2.05) is 56.3 Å². The van der Waals surface area contributed by atoms with Gasteiger partial charge in [0, 0.05) is 16.5 Å². The lowest BCUT2D eigenvalue weighted by Crippen LogP contribution is -2.49. The predicted octanol–water partition coefficient (Wildman–Crippen LogP) is 6.94. The number of carbonyl (C=O) groups is 4. The number of para-hydroxylation sites is 1. The molecule has 230 valence electrons. The number of hydrogen-bond donors (Lipinski definition) is 1. The van der Waals surface area contributed by atoms with Gasteiger partial charge in [-0.2, -0.15) is 0 Å². The average Bonchev–Trinajstić information content (AvgIpc) is 3.43. The van der Waals surface area contributed by atoms with Crippen molar-refractivity contribution in [3.05, 3.63) is 113 Å². The predicted molar refractivity (Wildman–Crippen MR) is 175 cm³/mol. The fourth-order valence-electron chi connectivity index (χ4n) is 8.71. The van der Waals surface area contributed by atoms with Gasteiger partial charge < -0.3 is 5.11 Å². The molecule has 8 rings (SSSR count). The SMILES string of the molecule is Cc1ccc(N2C(=O)C3CC=C4C(CC5C(=O)N(c6ccccc6)C(=O)C5(C)C4c4c(O)ccc5ccccc45)C3C2=O)cc1Cl. The minimum absolute atomic E-state index is 0.0236. The Morgan fingerprint density at radius 2 is 1.54 bits per heavy atom. The van der Waals surface area contributed by atoms with Crippen molar-refractivity contribution in [3.63, 3.8) is 0 Å². The number of allylic oxidation sites excluding steroid dienone is 2. The molecule has 2 aliphatic heterocycles. The zero-order valence-corrected chi connectivity index (χ0v) is 26.1. The summed E-state index contributed by atoms with van der Waals surface area (Å²) in [5, 5.41) is 13.7. The van der Waals surface area contributed by atoms with E-state index < -0.39 is 35.0 Å². The molecule has 2 aliphatic carbocycles. The van der Waals surface area contributed by atoms with Gasteiger partial charge in [0.05, 0.1) is 34.5 Å². The second kappa shape index (κ2) is 10.1. The molecule has 0 aromatic heterocycles. The van der Waals surface area contributed by atoms with Crippen molar-refractivity contribution >= 4 is 57.4 Å². The molecule has 0 radical (unpaired) electrons. The van der Waals surface area contributed by atoms with Gasteiger partial charge in [-0.25, -0.2) is 9.80 Å². The number of phenolic OH excluding ortho intramolecular Hbond substituents is 1. The molecule has 1 N–H and O–H groups in total. The molecule has 46 heavy (non-hydrogen) atoms. The topological polar surface area (TPSA) is 95.0 Å². The van der Waals surface area contributed by atoms with Crippen LogP contribution in [0.4, 0.5) is 11.4 Å². The molecule has 4 aromatic rings. The third kappa shape index (κ3) is 3.78. The first-order valence-corrected chi connectivity index (χ1v) is 16.0. The van der Waals surface area contributed by atoms with Gasteiger partial charge >= 0.3 is 0 Å². The number of anilines is 2. The fourth-order valence-corrected chi connectivity index (χ4v) is 8.88. The summed E-state index contributed by atoms with van der Waals surface area (Å²) in [6, 6.07) is 25.2. The molecule has 6 atom stereocenters. The smallest absolute Gasteiger partial charge is 0.241 e. The highest BCUT2D eigenvalue weighted by molar-refractivity contribution is 6.32. The quantitative estimate of drug-likeness (QED) is 0.195. The molecular weight excluding hydrogens is 600 g/mol. The van der Waals surface area contributed by atoms with Crippen LogP contribution in [0, 0.1) is 36.0 Å². The summed E-state index contributed by atoms with van der Waals surface area (Å²) in [7, 11) is 0. The molecule has 4 aliphatic rings. The van der Waals surface area contributed by atoms with Gasteiger partial charge in [-0.1, -0.05) is 77.8 Å². The number of amides is 4. The molecule has 0 bridgehead atoms. The zero-order chi connectivity index (χ0) is 32.1. The number of imide groups is 2. The van der Waals surface area contributed by atoms with Gasteiger partial charge in [0.1, 0.15) is 5.75 Å². The molecule has 6 unspecified atom stereocenters. The van der Waals surface area contributed by atoms with Crippen LogP contribution in [0.3, 0.4) is 0 Å². The van der Waals surface area contributed by atoms with Crippen LogP contribution >= 0.6 is 11.6 Å². The van der Waals surface area contributed by atoms with E-state index in [1.54, 1.807) is 48.5 Å². The van der Waals surface area contributed by atoms with Crippen molar-refractivity contribution in [2.45, 2.75) is 32.6 Å². The highest BCUT2D eigenvalue weighted by Crippen LogP contribution is 2.65. The summed E-state index contributed by atoms with van der Waals surface area (Å²) >= 11 is 6.41. The summed E-state index contributed by atoms with van der Waals surface area (Å²) < 4.78 is 0. The normalized spacial score (nSPS) is 28.8.